The number of carbonyl (C=O) groups is 2. The van der Waals surface area contributed by atoms with Crippen molar-refractivity contribution in [1.29, 1.82) is 0 Å². The second-order valence-corrected chi connectivity index (χ2v) is 7.27. The number of piperidine rings is 1. The monoisotopic (exact) mass is 384 g/mol. The number of rotatable bonds is 3. The topological polar surface area (TPSA) is 70.5 Å². The van der Waals surface area contributed by atoms with Gasteiger partial charge in [0.05, 0.1) is 10.9 Å². The van der Waals surface area contributed by atoms with Gasteiger partial charge in [-0.15, -0.1) is 11.3 Å². The van der Waals surface area contributed by atoms with Crippen molar-refractivity contribution in [3.05, 3.63) is 39.3 Å². The van der Waals surface area contributed by atoms with E-state index in [1.807, 2.05) is 0 Å². The van der Waals surface area contributed by atoms with Crippen LogP contribution in [-0.4, -0.2) is 40.0 Å². The summed E-state index contributed by atoms with van der Waals surface area (Å²) in [5.41, 5.74) is 1.09. The maximum Gasteiger partial charge on any atom is 0.306 e. The van der Waals surface area contributed by atoms with Crippen LogP contribution in [0.25, 0.3) is 10.6 Å². The molecule has 1 aromatic carbocycles. The lowest BCUT2D eigenvalue weighted by molar-refractivity contribution is -0.143. The van der Waals surface area contributed by atoms with Gasteiger partial charge in [0.25, 0.3) is 5.91 Å². The highest BCUT2D eigenvalue weighted by atomic mass is 35.5. The third-order valence-electron chi connectivity index (χ3n) is 4.02. The molecule has 1 aliphatic heterocycles. The number of nitrogens with zero attached hydrogens (tertiary/aromatic N) is 2. The number of carboxylic acid groups (broad SMARTS) is 1. The number of thiazole rings is 1. The zero-order chi connectivity index (χ0) is 17.3. The Hall–Kier alpha value is -1.63. The zero-order valence-electron chi connectivity index (χ0n) is 12.5. The van der Waals surface area contributed by atoms with Crippen molar-refractivity contribution in [2.75, 3.05) is 13.1 Å². The van der Waals surface area contributed by atoms with Crippen molar-refractivity contribution in [3.8, 4) is 10.6 Å². The summed E-state index contributed by atoms with van der Waals surface area (Å²) in [5.74, 6) is -1.34. The van der Waals surface area contributed by atoms with E-state index < -0.39 is 5.97 Å². The molecule has 0 atom stereocenters. The van der Waals surface area contributed by atoms with Crippen molar-refractivity contribution in [1.82, 2.24) is 9.88 Å². The first-order valence-electron chi connectivity index (χ1n) is 7.38. The van der Waals surface area contributed by atoms with E-state index in [-0.39, 0.29) is 11.8 Å². The normalized spacial score (nSPS) is 15.5. The Morgan fingerprint density at radius 2 is 1.96 bits per heavy atom. The molecule has 3 rings (SSSR count). The number of benzene rings is 1. The average molecular weight is 385 g/mol. The van der Waals surface area contributed by atoms with Gasteiger partial charge in [0.2, 0.25) is 0 Å². The molecule has 8 heteroatoms. The summed E-state index contributed by atoms with van der Waals surface area (Å²) in [4.78, 5) is 29.5. The van der Waals surface area contributed by atoms with Crippen LogP contribution in [0.1, 0.15) is 23.3 Å². The van der Waals surface area contributed by atoms with E-state index in [1.165, 1.54) is 11.3 Å². The summed E-state index contributed by atoms with van der Waals surface area (Å²) in [5, 5.41) is 12.4. The second kappa shape index (κ2) is 7.09. The molecule has 1 saturated heterocycles. The molecule has 0 saturated carbocycles. The van der Waals surface area contributed by atoms with Crippen LogP contribution in [-0.2, 0) is 4.79 Å². The minimum absolute atomic E-state index is 0.175. The van der Waals surface area contributed by atoms with Crippen LogP contribution in [0.5, 0.6) is 0 Å². The lowest BCUT2D eigenvalue weighted by Crippen LogP contribution is -2.40. The SMILES string of the molecule is O=C(O)C1CCN(C(=O)c2csc(-c3ccc(Cl)cc3Cl)n2)CC1. The fourth-order valence-corrected chi connectivity index (χ4v) is 4.04. The van der Waals surface area contributed by atoms with Gasteiger partial charge in [0.1, 0.15) is 10.7 Å². The summed E-state index contributed by atoms with van der Waals surface area (Å²) in [7, 11) is 0. The van der Waals surface area contributed by atoms with E-state index in [4.69, 9.17) is 28.3 Å². The van der Waals surface area contributed by atoms with Crippen LogP contribution in [0.3, 0.4) is 0 Å². The largest absolute Gasteiger partial charge is 0.481 e. The summed E-state index contributed by atoms with van der Waals surface area (Å²) >= 11 is 13.4. The molecule has 1 fully saturated rings. The Morgan fingerprint density at radius 1 is 1.25 bits per heavy atom. The summed E-state index contributed by atoms with van der Waals surface area (Å²) in [6.07, 6.45) is 0.947. The smallest absolute Gasteiger partial charge is 0.306 e. The Bertz CT molecular complexity index is 785. The molecule has 0 unspecified atom stereocenters. The molecular weight excluding hydrogens is 371 g/mol. The third kappa shape index (κ3) is 3.55. The molecule has 2 heterocycles. The van der Waals surface area contributed by atoms with Crippen LogP contribution in [0.4, 0.5) is 0 Å². The van der Waals surface area contributed by atoms with Gasteiger partial charge < -0.3 is 10.0 Å². The standard InChI is InChI=1S/C16H14Cl2N2O3S/c17-10-1-2-11(12(18)7-10)14-19-13(8-24-14)15(21)20-5-3-9(4-6-20)16(22)23/h1-2,7-9H,3-6H2,(H,22,23). The summed E-state index contributed by atoms with van der Waals surface area (Å²) in [6, 6.07) is 5.14. The number of carboxylic acids is 1. The van der Waals surface area contributed by atoms with Gasteiger partial charge in [-0.05, 0) is 31.0 Å². The quantitative estimate of drug-likeness (QED) is 0.865. The maximum atomic E-state index is 12.5. The van der Waals surface area contributed by atoms with Crippen molar-refractivity contribution in [2.45, 2.75) is 12.8 Å². The van der Waals surface area contributed by atoms with E-state index in [0.29, 0.717) is 46.7 Å². The number of likely N-dealkylation sites (tertiary alicyclic amines) is 1. The van der Waals surface area contributed by atoms with E-state index in [9.17, 15) is 9.59 Å². The number of halogens is 2. The molecule has 0 radical (unpaired) electrons. The molecule has 1 amide bonds. The van der Waals surface area contributed by atoms with Gasteiger partial charge >= 0.3 is 5.97 Å². The first-order valence-corrected chi connectivity index (χ1v) is 9.02. The summed E-state index contributed by atoms with van der Waals surface area (Å²) < 4.78 is 0. The van der Waals surface area contributed by atoms with Crippen molar-refractivity contribution in [2.24, 2.45) is 5.92 Å². The highest BCUT2D eigenvalue weighted by Gasteiger charge is 2.28. The van der Waals surface area contributed by atoms with E-state index in [2.05, 4.69) is 4.98 Å². The van der Waals surface area contributed by atoms with Gasteiger partial charge in [-0.1, -0.05) is 23.2 Å². The lowest BCUT2D eigenvalue weighted by Gasteiger charge is -2.29. The molecule has 0 bridgehead atoms. The predicted octanol–water partition coefficient (Wildman–Crippen LogP) is 4.05. The second-order valence-electron chi connectivity index (χ2n) is 5.57. The third-order valence-corrected chi connectivity index (χ3v) is 5.44. The molecule has 1 N–H and O–H groups in total. The van der Waals surface area contributed by atoms with Gasteiger partial charge in [-0.3, -0.25) is 9.59 Å². The van der Waals surface area contributed by atoms with Gasteiger partial charge in [-0.25, -0.2) is 4.98 Å². The van der Waals surface area contributed by atoms with E-state index >= 15 is 0 Å². The first kappa shape index (κ1) is 17.2. The van der Waals surface area contributed by atoms with E-state index in [1.54, 1.807) is 28.5 Å². The van der Waals surface area contributed by atoms with Gasteiger partial charge in [-0.2, -0.15) is 0 Å². The van der Waals surface area contributed by atoms with Crippen LogP contribution >= 0.6 is 34.5 Å². The minimum Gasteiger partial charge on any atom is -0.481 e. The fourth-order valence-electron chi connectivity index (χ4n) is 2.65. The van der Waals surface area contributed by atoms with Crippen molar-refractivity contribution >= 4 is 46.4 Å². The van der Waals surface area contributed by atoms with Gasteiger partial charge in [0, 0.05) is 29.1 Å². The minimum atomic E-state index is -0.796. The molecule has 1 aliphatic rings. The van der Waals surface area contributed by atoms with E-state index in [0.717, 1.165) is 5.56 Å². The molecule has 0 aliphatic carbocycles. The number of aliphatic carboxylic acids is 1. The van der Waals surface area contributed by atoms with Crippen molar-refractivity contribution < 1.29 is 14.7 Å². The van der Waals surface area contributed by atoms with Crippen LogP contribution in [0.2, 0.25) is 10.0 Å². The highest BCUT2D eigenvalue weighted by molar-refractivity contribution is 7.13. The average Bonchev–Trinajstić information content (AvgIpc) is 3.04. The maximum absolute atomic E-state index is 12.5. The molecular formula is C16H14Cl2N2O3S. The van der Waals surface area contributed by atoms with Crippen molar-refractivity contribution in [3.63, 3.8) is 0 Å². The molecule has 126 valence electrons. The molecule has 5 nitrogen and oxygen atoms in total. The Balaban J connectivity index is 1.74. The van der Waals surface area contributed by atoms with Crippen LogP contribution < -0.4 is 0 Å². The fraction of sp³-hybridized carbons (Fsp3) is 0.312. The zero-order valence-corrected chi connectivity index (χ0v) is 14.9. The number of amides is 1. The summed E-state index contributed by atoms with van der Waals surface area (Å²) in [6.45, 7) is 0.870. The van der Waals surface area contributed by atoms with Crippen LogP contribution in [0, 0.1) is 5.92 Å². The number of aromatic nitrogens is 1. The number of hydrogen-bond acceptors (Lipinski definition) is 4. The highest BCUT2D eigenvalue weighted by Crippen LogP contribution is 2.32. The van der Waals surface area contributed by atoms with Gasteiger partial charge in [0.15, 0.2) is 0 Å². The molecule has 2 aromatic rings. The number of hydrogen-bond donors (Lipinski definition) is 1. The lowest BCUT2D eigenvalue weighted by atomic mass is 9.97. The Morgan fingerprint density at radius 3 is 2.58 bits per heavy atom. The molecule has 0 spiro atoms. The first-order chi connectivity index (χ1) is 11.5. The molecule has 1 aromatic heterocycles. The van der Waals surface area contributed by atoms with Crippen LogP contribution in [0.15, 0.2) is 23.6 Å². The Labute approximate surface area is 152 Å². The Kier molecular flexibility index (Phi) is 5.08. The predicted molar refractivity (Wildman–Crippen MR) is 93.8 cm³/mol. The number of carbonyl (C=O) groups excluding carboxylic acids is 1. The molecule has 24 heavy (non-hydrogen) atoms.